The largest absolute Gasteiger partial charge is 0.497 e. The van der Waals surface area contributed by atoms with Crippen LogP contribution in [-0.2, 0) is 6.42 Å². The van der Waals surface area contributed by atoms with Gasteiger partial charge in [0.05, 0.1) is 7.11 Å². The summed E-state index contributed by atoms with van der Waals surface area (Å²) in [6.07, 6.45) is 3.04. The van der Waals surface area contributed by atoms with Crippen LogP contribution >= 0.6 is 0 Å². The highest BCUT2D eigenvalue weighted by Gasteiger charge is 2.21. The molecule has 4 aromatic rings. The van der Waals surface area contributed by atoms with Crippen molar-refractivity contribution in [2.75, 3.05) is 7.11 Å². The number of fused-ring (bicyclic) bond motifs is 4. The van der Waals surface area contributed by atoms with Gasteiger partial charge in [-0.2, -0.15) is 0 Å². The number of rotatable bonds is 2. The van der Waals surface area contributed by atoms with Crippen molar-refractivity contribution in [3.63, 3.8) is 0 Å². The van der Waals surface area contributed by atoms with Crippen molar-refractivity contribution in [2.24, 2.45) is 0 Å². The summed E-state index contributed by atoms with van der Waals surface area (Å²) in [7, 11) is 1.70. The number of methoxy groups -OCH3 is 1. The fraction of sp³-hybridized carbons (Fsp3) is 0.0833. The summed E-state index contributed by atoms with van der Waals surface area (Å²) in [5, 5.41) is 1.19. The molecule has 0 saturated carbocycles. The molecule has 0 aliphatic heterocycles. The molecule has 1 aliphatic rings. The van der Waals surface area contributed by atoms with E-state index in [4.69, 9.17) is 9.15 Å². The van der Waals surface area contributed by atoms with E-state index in [1.165, 1.54) is 22.1 Å². The van der Waals surface area contributed by atoms with E-state index in [0.29, 0.717) is 0 Å². The summed E-state index contributed by atoms with van der Waals surface area (Å²) < 4.78 is 11.6. The van der Waals surface area contributed by atoms with Crippen LogP contribution in [0, 0.1) is 0 Å². The molecule has 0 saturated heterocycles. The first-order valence-corrected chi connectivity index (χ1v) is 8.78. The molecule has 2 heteroatoms. The van der Waals surface area contributed by atoms with Crippen molar-refractivity contribution < 1.29 is 9.15 Å². The molecule has 0 bridgehead atoms. The molecule has 3 aromatic carbocycles. The second-order valence-corrected chi connectivity index (χ2v) is 6.56. The van der Waals surface area contributed by atoms with E-state index < -0.39 is 0 Å². The van der Waals surface area contributed by atoms with Gasteiger partial charge in [-0.05, 0) is 46.5 Å². The molecule has 0 radical (unpaired) electrons. The molecule has 1 aliphatic carbocycles. The molecular weight excluding hydrogens is 320 g/mol. The average Bonchev–Trinajstić information content (AvgIpc) is 2.95. The summed E-state index contributed by atoms with van der Waals surface area (Å²) in [6, 6.07) is 25.1. The second kappa shape index (κ2) is 5.92. The Labute approximate surface area is 152 Å². The monoisotopic (exact) mass is 338 g/mol. The van der Waals surface area contributed by atoms with Gasteiger partial charge in [0.2, 0.25) is 0 Å². The van der Waals surface area contributed by atoms with Crippen molar-refractivity contribution in [1.82, 2.24) is 0 Å². The Morgan fingerprint density at radius 1 is 0.885 bits per heavy atom. The summed E-state index contributed by atoms with van der Waals surface area (Å²) in [4.78, 5) is 0. The summed E-state index contributed by atoms with van der Waals surface area (Å²) >= 11 is 0. The van der Waals surface area contributed by atoms with Crippen molar-refractivity contribution in [1.29, 1.82) is 0 Å². The Balaban J connectivity index is 1.80. The molecule has 0 atom stereocenters. The predicted molar refractivity (Wildman–Crippen MR) is 105 cm³/mol. The van der Waals surface area contributed by atoms with Gasteiger partial charge in [-0.1, -0.05) is 54.6 Å². The molecule has 2 nitrogen and oxygen atoms in total. The van der Waals surface area contributed by atoms with Crippen LogP contribution in [0.25, 0.3) is 22.6 Å². The number of hydrogen-bond donors (Lipinski definition) is 0. The van der Waals surface area contributed by atoms with Gasteiger partial charge >= 0.3 is 0 Å². The standard InChI is InChI=1S/C24H18O2/c1-25-18-9-6-8-16(13-18)21-15-24-22(14-17-7-2-3-10-19(17)21)20-11-4-5-12-23(20)26-24/h2-13,15H,14H2,1H3. The van der Waals surface area contributed by atoms with Gasteiger partial charge in [0, 0.05) is 17.4 Å². The van der Waals surface area contributed by atoms with Gasteiger partial charge in [-0.3, -0.25) is 0 Å². The fourth-order valence-electron chi connectivity index (χ4n) is 3.78. The van der Waals surface area contributed by atoms with Gasteiger partial charge in [-0.25, -0.2) is 0 Å². The van der Waals surface area contributed by atoms with Crippen LogP contribution in [0.4, 0.5) is 0 Å². The predicted octanol–water partition coefficient (Wildman–Crippen LogP) is 5.93. The molecule has 0 N–H and O–H groups in total. The number of ether oxygens (including phenoxy) is 1. The van der Waals surface area contributed by atoms with E-state index in [9.17, 15) is 0 Å². The lowest BCUT2D eigenvalue weighted by atomic mass is 9.93. The highest BCUT2D eigenvalue weighted by atomic mass is 16.5. The molecule has 0 spiro atoms. The van der Waals surface area contributed by atoms with Crippen molar-refractivity contribution in [2.45, 2.75) is 6.42 Å². The molecule has 126 valence electrons. The average molecular weight is 338 g/mol. The third-order valence-electron chi connectivity index (χ3n) is 5.06. The van der Waals surface area contributed by atoms with Crippen LogP contribution in [0.15, 0.2) is 77.2 Å². The maximum absolute atomic E-state index is 6.20. The van der Waals surface area contributed by atoms with Crippen molar-refractivity contribution in [3.8, 4) is 5.75 Å². The molecule has 0 fully saturated rings. The highest BCUT2D eigenvalue weighted by molar-refractivity contribution is 5.97. The Morgan fingerprint density at radius 3 is 2.65 bits per heavy atom. The van der Waals surface area contributed by atoms with Gasteiger partial charge in [0.15, 0.2) is 0 Å². The van der Waals surface area contributed by atoms with Crippen LogP contribution in [0.1, 0.15) is 28.0 Å². The lowest BCUT2D eigenvalue weighted by molar-refractivity contribution is 0.414. The third-order valence-corrected chi connectivity index (χ3v) is 5.06. The van der Waals surface area contributed by atoms with Gasteiger partial charge in [0.1, 0.15) is 17.1 Å². The minimum Gasteiger partial charge on any atom is -0.497 e. The van der Waals surface area contributed by atoms with E-state index in [0.717, 1.165) is 34.7 Å². The topological polar surface area (TPSA) is 22.4 Å². The minimum absolute atomic E-state index is 0.856. The fourth-order valence-corrected chi connectivity index (χ4v) is 3.78. The third kappa shape index (κ3) is 2.34. The highest BCUT2D eigenvalue weighted by Crippen LogP contribution is 2.38. The number of furan rings is 1. The number of benzene rings is 3. The van der Waals surface area contributed by atoms with Gasteiger partial charge in [-0.15, -0.1) is 0 Å². The molecule has 0 unspecified atom stereocenters. The normalized spacial score (nSPS) is 12.9. The SMILES string of the molecule is COc1cccc(C2=Cc3oc4ccccc4c3Cc3ccccc32)c1. The summed E-state index contributed by atoms with van der Waals surface area (Å²) in [5.41, 5.74) is 7.05. The zero-order valence-electron chi connectivity index (χ0n) is 14.5. The molecule has 0 amide bonds. The molecule has 5 rings (SSSR count). The van der Waals surface area contributed by atoms with E-state index in [-0.39, 0.29) is 0 Å². The van der Waals surface area contributed by atoms with E-state index >= 15 is 0 Å². The van der Waals surface area contributed by atoms with Gasteiger partial charge < -0.3 is 9.15 Å². The maximum Gasteiger partial charge on any atom is 0.135 e. The van der Waals surface area contributed by atoms with E-state index in [2.05, 4.69) is 54.6 Å². The quantitative estimate of drug-likeness (QED) is 0.398. The minimum atomic E-state index is 0.856. The van der Waals surface area contributed by atoms with E-state index in [1.54, 1.807) is 7.11 Å². The van der Waals surface area contributed by atoms with Crippen molar-refractivity contribution in [3.05, 3.63) is 101 Å². The van der Waals surface area contributed by atoms with Crippen LogP contribution in [0.2, 0.25) is 0 Å². The van der Waals surface area contributed by atoms with Crippen LogP contribution in [-0.4, -0.2) is 7.11 Å². The lowest BCUT2D eigenvalue weighted by Crippen LogP contribution is -1.94. The van der Waals surface area contributed by atoms with Crippen LogP contribution < -0.4 is 4.74 Å². The zero-order valence-corrected chi connectivity index (χ0v) is 14.5. The van der Waals surface area contributed by atoms with Crippen molar-refractivity contribution >= 4 is 22.6 Å². The Kier molecular flexibility index (Phi) is 3.42. The number of para-hydroxylation sites is 1. The van der Waals surface area contributed by atoms with Crippen LogP contribution in [0.5, 0.6) is 5.75 Å². The van der Waals surface area contributed by atoms with Crippen LogP contribution in [0.3, 0.4) is 0 Å². The molecule has 26 heavy (non-hydrogen) atoms. The smallest absolute Gasteiger partial charge is 0.135 e. The summed E-state index contributed by atoms with van der Waals surface area (Å²) in [5.74, 6) is 1.80. The first-order chi connectivity index (χ1) is 12.8. The first kappa shape index (κ1) is 15.0. The Hall–Kier alpha value is -3.26. The lowest BCUT2D eigenvalue weighted by Gasteiger charge is -2.12. The summed E-state index contributed by atoms with van der Waals surface area (Å²) in [6.45, 7) is 0. The Morgan fingerprint density at radius 2 is 1.73 bits per heavy atom. The van der Waals surface area contributed by atoms with Gasteiger partial charge in [0.25, 0.3) is 0 Å². The first-order valence-electron chi connectivity index (χ1n) is 8.78. The van der Waals surface area contributed by atoms with E-state index in [1.807, 2.05) is 24.3 Å². The molecular formula is C24H18O2. The zero-order chi connectivity index (χ0) is 17.5. The maximum atomic E-state index is 6.20. The Bertz CT molecular complexity index is 1150. The number of hydrogen-bond acceptors (Lipinski definition) is 2. The second-order valence-electron chi connectivity index (χ2n) is 6.56. The molecule has 1 aromatic heterocycles. The molecule has 1 heterocycles.